The number of nitrogens with one attached hydrogen (secondary N) is 1. The van der Waals surface area contributed by atoms with E-state index in [1.165, 1.54) is 11.3 Å². The van der Waals surface area contributed by atoms with E-state index in [0.717, 1.165) is 21.4 Å². The predicted molar refractivity (Wildman–Crippen MR) is 102 cm³/mol. The molecule has 2 heterocycles. The molecule has 0 bridgehead atoms. The number of aliphatic carboxylic acids is 1. The van der Waals surface area contributed by atoms with E-state index < -0.39 is 5.97 Å². The van der Waals surface area contributed by atoms with Crippen LogP contribution in [0.3, 0.4) is 0 Å². The summed E-state index contributed by atoms with van der Waals surface area (Å²) < 4.78 is 2.64. The van der Waals surface area contributed by atoms with Crippen LogP contribution in [0.2, 0.25) is 0 Å². The Balaban J connectivity index is 1.95. The fourth-order valence-electron chi connectivity index (χ4n) is 2.45. The number of carboxylic acids is 1. The normalized spacial score (nSPS) is 10.6. The van der Waals surface area contributed by atoms with Crippen LogP contribution < -0.4 is 5.43 Å². The van der Waals surface area contributed by atoms with Gasteiger partial charge in [-0.05, 0) is 35.7 Å². The molecule has 0 aliphatic carbocycles. The molecule has 2 aromatic heterocycles. The van der Waals surface area contributed by atoms with E-state index in [2.05, 4.69) is 21.4 Å². The lowest BCUT2D eigenvalue weighted by molar-refractivity contribution is -0.136. The van der Waals surface area contributed by atoms with Crippen molar-refractivity contribution in [3.05, 3.63) is 69.0 Å². The number of rotatable bonds is 6. The summed E-state index contributed by atoms with van der Waals surface area (Å²) in [4.78, 5) is 24.0. The summed E-state index contributed by atoms with van der Waals surface area (Å²) in [6.07, 6.45) is 0.329. The minimum atomic E-state index is -0.873. The number of hydrogen-bond donors (Lipinski definition) is 2. The van der Waals surface area contributed by atoms with Gasteiger partial charge in [0, 0.05) is 22.2 Å². The lowest BCUT2D eigenvalue weighted by Gasteiger charge is -2.14. The molecule has 1 amide bonds. The number of nitrogens with zero attached hydrogens (tertiary/aromatic N) is 1. The van der Waals surface area contributed by atoms with Gasteiger partial charge >= 0.3 is 5.97 Å². The number of carbonyl (C=O) groups is 2. The molecule has 7 heteroatoms. The van der Waals surface area contributed by atoms with E-state index in [1.807, 2.05) is 47.8 Å². The zero-order valence-corrected chi connectivity index (χ0v) is 15.5. The Bertz CT molecular complexity index is 886. The van der Waals surface area contributed by atoms with Crippen molar-refractivity contribution in [2.45, 2.75) is 12.8 Å². The highest BCUT2D eigenvalue weighted by atomic mass is 79.9. The van der Waals surface area contributed by atoms with Gasteiger partial charge in [0.1, 0.15) is 0 Å². The monoisotopic (exact) mass is 418 g/mol. The van der Waals surface area contributed by atoms with Crippen molar-refractivity contribution in [1.82, 2.24) is 4.68 Å². The van der Waals surface area contributed by atoms with Crippen LogP contribution in [0.5, 0.6) is 0 Å². The molecule has 0 radical (unpaired) electrons. The quantitative estimate of drug-likeness (QED) is 0.623. The number of carboxylic acid groups (broad SMARTS) is 1. The van der Waals surface area contributed by atoms with Crippen LogP contribution in [0.4, 0.5) is 0 Å². The SMILES string of the molecule is O=C(O)CCc1ccc(-c2ccc(Br)cc2)n1NC(=O)c1cccs1. The zero-order valence-electron chi connectivity index (χ0n) is 13.1. The van der Waals surface area contributed by atoms with Gasteiger partial charge in [0.25, 0.3) is 5.91 Å². The minimum absolute atomic E-state index is 0.00133. The zero-order chi connectivity index (χ0) is 17.8. The molecular formula is C18H15BrN2O3S. The maximum atomic E-state index is 12.5. The average molecular weight is 419 g/mol. The highest BCUT2D eigenvalue weighted by molar-refractivity contribution is 9.10. The van der Waals surface area contributed by atoms with Crippen molar-refractivity contribution in [2.75, 3.05) is 5.43 Å². The van der Waals surface area contributed by atoms with Crippen LogP contribution in [0.15, 0.2) is 58.4 Å². The molecule has 0 atom stereocenters. The molecule has 0 unspecified atom stereocenters. The van der Waals surface area contributed by atoms with Crippen LogP contribution in [-0.4, -0.2) is 21.7 Å². The molecule has 1 aromatic carbocycles. The van der Waals surface area contributed by atoms with E-state index in [0.29, 0.717) is 11.3 Å². The fraction of sp³-hybridized carbons (Fsp3) is 0.111. The van der Waals surface area contributed by atoms with Gasteiger partial charge in [-0.2, -0.15) is 0 Å². The van der Waals surface area contributed by atoms with Gasteiger partial charge in [0.2, 0.25) is 0 Å². The predicted octanol–water partition coefficient (Wildman–Crippen LogP) is 4.38. The number of thiophene rings is 1. The number of amides is 1. The highest BCUT2D eigenvalue weighted by Gasteiger charge is 2.15. The standard InChI is InChI=1S/C18H15BrN2O3S/c19-13-5-3-12(4-6-13)15-9-7-14(8-10-17(22)23)21(15)20-18(24)16-2-1-11-25-16/h1-7,9,11H,8,10H2,(H,20,24)(H,22,23). The number of aryl methyl sites for hydroxylation is 1. The molecule has 3 aromatic rings. The van der Waals surface area contributed by atoms with Crippen LogP contribution in [0, 0.1) is 0 Å². The van der Waals surface area contributed by atoms with E-state index in [4.69, 9.17) is 5.11 Å². The molecule has 0 spiro atoms. The molecule has 0 fully saturated rings. The first-order valence-corrected chi connectivity index (χ1v) is 9.25. The van der Waals surface area contributed by atoms with Gasteiger partial charge in [-0.25, -0.2) is 0 Å². The topological polar surface area (TPSA) is 71.3 Å². The Labute approximate surface area is 157 Å². The maximum absolute atomic E-state index is 12.5. The Morgan fingerprint density at radius 2 is 1.88 bits per heavy atom. The first-order chi connectivity index (χ1) is 12.0. The lowest BCUT2D eigenvalue weighted by Crippen LogP contribution is -2.25. The fourth-order valence-corrected chi connectivity index (χ4v) is 3.33. The summed E-state index contributed by atoms with van der Waals surface area (Å²) in [5, 5.41) is 10.8. The minimum Gasteiger partial charge on any atom is -0.481 e. The smallest absolute Gasteiger partial charge is 0.303 e. The van der Waals surface area contributed by atoms with Crippen molar-refractivity contribution in [3.8, 4) is 11.3 Å². The van der Waals surface area contributed by atoms with Crippen molar-refractivity contribution < 1.29 is 14.7 Å². The largest absolute Gasteiger partial charge is 0.481 e. The van der Waals surface area contributed by atoms with Crippen LogP contribution in [0.25, 0.3) is 11.3 Å². The van der Waals surface area contributed by atoms with Gasteiger partial charge < -0.3 is 5.11 Å². The third kappa shape index (κ3) is 4.18. The van der Waals surface area contributed by atoms with E-state index in [1.54, 1.807) is 10.7 Å². The molecule has 5 nitrogen and oxygen atoms in total. The first kappa shape index (κ1) is 17.4. The summed E-state index contributed by atoms with van der Waals surface area (Å²) in [6, 6.07) is 15.0. The molecule has 128 valence electrons. The third-order valence-electron chi connectivity index (χ3n) is 3.66. The van der Waals surface area contributed by atoms with Crippen LogP contribution >= 0.6 is 27.3 Å². The van der Waals surface area contributed by atoms with E-state index >= 15 is 0 Å². The van der Waals surface area contributed by atoms with Crippen molar-refractivity contribution in [3.63, 3.8) is 0 Å². The van der Waals surface area contributed by atoms with Gasteiger partial charge in [-0.3, -0.25) is 19.7 Å². The maximum Gasteiger partial charge on any atom is 0.303 e. The van der Waals surface area contributed by atoms with E-state index in [9.17, 15) is 9.59 Å². The second-order valence-corrected chi connectivity index (χ2v) is 7.23. The Morgan fingerprint density at radius 3 is 2.52 bits per heavy atom. The lowest BCUT2D eigenvalue weighted by atomic mass is 10.2. The van der Waals surface area contributed by atoms with Crippen molar-refractivity contribution in [1.29, 1.82) is 0 Å². The van der Waals surface area contributed by atoms with Gasteiger partial charge in [0.05, 0.1) is 17.0 Å². The number of aromatic nitrogens is 1. The highest BCUT2D eigenvalue weighted by Crippen LogP contribution is 2.24. The summed E-state index contributed by atoms with van der Waals surface area (Å²) in [5.74, 6) is -1.09. The van der Waals surface area contributed by atoms with Crippen molar-refractivity contribution in [2.24, 2.45) is 0 Å². The summed E-state index contributed by atoms with van der Waals surface area (Å²) in [6.45, 7) is 0. The number of halogens is 1. The summed E-state index contributed by atoms with van der Waals surface area (Å²) >= 11 is 4.76. The van der Waals surface area contributed by atoms with E-state index in [-0.39, 0.29) is 12.3 Å². The number of carbonyl (C=O) groups excluding carboxylic acids is 1. The van der Waals surface area contributed by atoms with Crippen LogP contribution in [0.1, 0.15) is 21.8 Å². The second kappa shape index (κ2) is 7.67. The second-order valence-electron chi connectivity index (χ2n) is 5.36. The summed E-state index contributed by atoms with van der Waals surface area (Å²) in [7, 11) is 0. The molecule has 0 saturated heterocycles. The molecular weight excluding hydrogens is 404 g/mol. The third-order valence-corrected chi connectivity index (χ3v) is 5.05. The molecule has 0 aliphatic rings. The first-order valence-electron chi connectivity index (χ1n) is 7.58. The molecule has 3 rings (SSSR count). The summed E-state index contributed by atoms with van der Waals surface area (Å²) in [5.41, 5.74) is 5.35. The average Bonchev–Trinajstić information content (AvgIpc) is 3.24. The Hall–Kier alpha value is -2.38. The molecule has 0 saturated carbocycles. The Kier molecular flexibility index (Phi) is 5.35. The van der Waals surface area contributed by atoms with Gasteiger partial charge in [0.15, 0.2) is 0 Å². The van der Waals surface area contributed by atoms with Gasteiger partial charge in [-0.15, -0.1) is 11.3 Å². The molecule has 25 heavy (non-hydrogen) atoms. The molecule has 2 N–H and O–H groups in total. The number of hydrogen-bond acceptors (Lipinski definition) is 3. The molecule has 0 aliphatic heterocycles. The van der Waals surface area contributed by atoms with Crippen molar-refractivity contribution >= 4 is 39.1 Å². The number of benzene rings is 1. The van der Waals surface area contributed by atoms with Crippen LogP contribution in [-0.2, 0) is 11.2 Å². The Morgan fingerprint density at radius 1 is 1.12 bits per heavy atom. The van der Waals surface area contributed by atoms with Gasteiger partial charge in [-0.1, -0.05) is 34.1 Å².